The van der Waals surface area contributed by atoms with Gasteiger partial charge in [-0.25, -0.2) is 0 Å². The number of aromatic hydroxyl groups is 1. The van der Waals surface area contributed by atoms with Crippen LogP contribution in [-0.2, 0) is 19.1 Å². The van der Waals surface area contributed by atoms with Gasteiger partial charge < -0.3 is 19.2 Å². The third-order valence-electron chi connectivity index (χ3n) is 6.27. The fourth-order valence-corrected chi connectivity index (χ4v) is 4.52. The number of aryl methyl sites for hydroxylation is 1. The summed E-state index contributed by atoms with van der Waals surface area (Å²) in [5, 5.41) is 10.4. The third kappa shape index (κ3) is 5.22. The van der Waals surface area contributed by atoms with Gasteiger partial charge in [0.1, 0.15) is 18.0 Å². The minimum atomic E-state index is -4.96. The van der Waals surface area contributed by atoms with Gasteiger partial charge in [0.2, 0.25) is 11.2 Å². The van der Waals surface area contributed by atoms with Crippen molar-refractivity contribution in [2.24, 2.45) is 0 Å². The Balaban J connectivity index is 1.80. The summed E-state index contributed by atoms with van der Waals surface area (Å²) in [5.74, 6) is -2.46. The van der Waals surface area contributed by atoms with Crippen molar-refractivity contribution >= 4 is 11.0 Å². The lowest BCUT2D eigenvalue weighted by Crippen LogP contribution is -3.10. The van der Waals surface area contributed by atoms with Crippen LogP contribution in [0.3, 0.4) is 0 Å². The maximum absolute atomic E-state index is 14.0. The molecule has 2 N–H and O–H groups in total. The summed E-state index contributed by atoms with van der Waals surface area (Å²) in [6.45, 7) is 4.01. The SMILES string of the molecule is CCCc1ccc(Oc2c(C(F)(F)F)oc3c(C[NH+]4CCCCCC4)c(O)ccc3c2=O)cc1. The van der Waals surface area contributed by atoms with E-state index in [9.17, 15) is 23.1 Å². The second-order valence-corrected chi connectivity index (χ2v) is 8.86. The van der Waals surface area contributed by atoms with Crippen LogP contribution >= 0.6 is 0 Å². The van der Waals surface area contributed by atoms with Crippen LogP contribution in [0.25, 0.3) is 11.0 Å². The summed E-state index contributed by atoms with van der Waals surface area (Å²) in [4.78, 5) is 14.3. The zero-order valence-electron chi connectivity index (χ0n) is 19.1. The van der Waals surface area contributed by atoms with Crippen molar-refractivity contribution in [2.45, 2.75) is 58.2 Å². The number of halogens is 3. The lowest BCUT2D eigenvalue weighted by atomic mass is 10.1. The lowest BCUT2D eigenvalue weighted by Gasteiger charge is -2.19. The summed E-state index contributed by atoms with van der Waals surface area (Å²) in [6.07, 6.45) is 1.04. The highest BCUT2D eigenvalue weighted by Crippen LogP contribution is 2.39. The molecular weight excluding hydrogens is 447 g/mol. The van der Waals surface area contributed by atoms with Crippen LogP contribution < -0.4 is 15.1 Å². The molecule has 1 aromatic heterocycles. The fraction of sp³-hybridized carbons (Fsp3) is 0.423. The van der Waals surface area contributed by atoms with Crippen LogP contribution in [0.5, 0.6) is 17.2 Å². The van der Waals surface area contributed by atoms with Crippen molar-refractivity contribution in [3.63, 3.8) is 0 Å². The first-order valence-corrected chi connectivity index (χ1v) is 11.8. The number of phenols is 1. The number of quaternary nitrogens is 1. The molecule has 8 heteroatoms. The van der Waals surface area contributed by atoms with Crippen molar-refractivity contribution < 1.29 is 32.3 Å². The van der Waals surface area contributed by atoms with Crippen LogP contribution in [0.1, 0.15) is 55.9 Å². The first-order valence-electron chi connectivity index (χ1n) is 11.8. The number of benzene rings is 2. The van der Waals surface area contributed by atoms with Gasteiger partial charge in [-0.15, -0.1) is 0 Å². The summed E-state index contributed by atoms with van der Waals surface area (Å²) >= 11 is 0. The van der Waals surface area contributed by atoms with Crippen LogP contribution in [-0.4, -0.2) is 18.2 Å². The number of hydrogen-bond donors (Lipinski definition) is 2. The molecule has 0 radical (unpaired) electrons. The van der Waals surface area contributed by atoms with Crippen LogP contribution in [0.15, 0.2) is 45.6 Å². The lowest BCUT2D eigenvalue weighted by molar-refractivity contribution is -0.913. The molecule has 1 fully saturated rings. The van der Waals surface area contributed by atoms with Gasteiger partial charge in [-0.2, -0.15) is 13.2 Å². The second-order valence-electron chi connectivity index (χ2n) is 8.86. The number of rotatable bonds is 6. The van der Waals surface area contributed by atoms with Gasteiger partial charge in [0.15, 0.2) is 5.58 Å². The van der Waals surface area contributed by atoms with Crippen LogP contribution in [0.4, 0.5) is 13.2 Å². The maximum Gasteiger partial charge on any atom is 0.453 e. The quantitative estimate of drug-likeness (QED) is 0.512. The molecule has 3 aromatic rings. The normalized spacial score (nSPS) is 15.4. The highest BCUT2D eigenvalue weighted by Gasteiger charge is 2.41. The Hall–Kier alpha value is -3.00. The van der Waals surface area contributed by atoms with E-state index in [2.05, 4.69) is 0 Å². The standard InChI is InChI=1S/C26H28F3NO4/c1-2-7-17-8-10-18(11-9-17)33-24-22(32)19-12-13-21(31)20(16-30-14-5-3-4-6-15-30)23(19)34-25(24)26(27,28)29/h8-13,31H,2-7,14-16H2,1H3/p+1. The molecule has 34 heavy (non-hydrogen) atoms. The van der Waals surface area contributed by atoms with E-state index in [0.29, 0.717) is 0 Å². The Kier molecular flexibility index (Phi) is 7.16. The summed E-state index contributed by atoms with van der Waals surface area (Å²) in [5.41, 5.74) is 0.0816. The Bertz CT molecular complexity index is 1190. The molecule has 1 aliphatic rings. The zero-order valence-corrected chi connectivity index (χ0v) is 19.1. The molecule has 0 amide bonds. The number of nitrogens with one attached hydrogen (secondary N) is 1. The van der Waals surface area contributed by atoms with Gasteiger partial charge in [-0.1, -0.05) is 25.5 Å². The van der Waals surface area contributed by atoms with Gasteiger partial charge in [0, 0.05) is 0 Å². The molecule has 0 spiro atoms. The Morgan fingerprint density at radius 1 is 1.03 bits per heavy atom. The molecule has 0 aliphatic carbocycles. The number of phenolic OH excluding ortho intramolecular Hbond substituents is 1. The van der Waals surface area contributed by atoms with Crippen molar-refractivity contribution in [3.8, 4) is 17.2 Å². The highest BCUT2D eigenvalue weighted by molar-refractivity contribution is 5.83. The van der Waals surface area contributed by atoms with E-state index in [-0.39, 0.29) is 34.6 Å². The number of alkyl halides is 3. The van der Waals surface area contributed by atoms with E-state index in [4.69, 9.17) is 9.15 Å². The number of fused-ring (bicyclic) bond motifs is 1. The van der Waals surface area contributed by atoms with Crippen LogP contribution in [0.2, 0.25) is 0 Å². The monoisotopic (exact) mass is 476 g/mol. The largest absolute Gasteiger partial charge is 0.507 e. The maximum atomic E-state index is 14.0. The predicted molar refractivity (Wildman–Crippen MR) is 123 cm³/mol. The molecule has 0 atom stereocenters. The van der Waals surface area contributed by atoms with E-state index in [0.717, 1.165) is 62.1 Å². The molecule has 2 aromatic carbocycles. The van der Waals surface area contributed by atoms with Gasteiger partial charge in [-0.05, 0) is 61.9 Å². The smallest absolute Gasteiger partial charge is 0.453 e. The van der Waals surface area contributed by atoms with Gasteiger partial charge in [0.05, 0.1) is 24.0 Å². The molecule has 2 heterocycles. The zero-order chi connectivity index (χ0) is 24.3. The molecule has 5 nitrogen and oxygen atoms in total. The number of ether oxygens (including phenoxy) is 1. The molecule has 182 valence electrons. The summed E-state index contributed by atoms with van der Waals surface area (Å²) < 4.78 is 52.7. The number of hydrogen-bond acceptors (Lipinski definition) is 4. The molecule has 1 aliphatic heterocycles. The summed E-state index contributed by atoms with van der Waals surface area (Å²) in [7, 11) is 0. The van der Waals surface area contributed by atoms with Gasteiger partial charge in [-0.3, -0.25) is 4.79 Å². The first-order chi connectivity index (χ1) is 16.3. The fourth-order valence-electron chi connectivity index (χ4n) is 4.52. The van der Waals surface area contributed by atoms with E-state index >= 15 is 0 Å². The second kappa shape index (κ2) is 10.1. The molecule has 0 bridgehead atoms. The van der Waals surface area contributed by atoms with Crippen molar-refractivity contribution in [1.82, 2.24) is 0 Å². The first kappa shape index (κ1) is 24.1. The average Bonchev–Trinajstić information content (AvgIpc) is 3.07. The van der Waals surface area contributed by atoms with Crippen molar-refractivity contribution in [1.29, 1.82) is 0 Å². The molecule has 0 unspecified atom stereocenters. The minimum absolute atomic E-state index is 0.0485. The van der Waals surface area contributed by atoms with Gasteiger partial charge in [0.25, 0.3) is 5.76 Å². The molecule has 1 saturated heterocycles. The topological polar surface area (TPSA) is 64.1 Å². The Morgan fingerprint density at radius 3 is 2.32 bits per heavy atom. The molecule has 0 saturated carbocycles. The minimum Gasteiger partial charge on any atom is -0.507 e. The van der Waals surface area contributed by atoms with Gasteiger partial charge >= 0.3 is 6.18 Å². The Labute approximate surface area is 195 Å². The number of likely N-dealkylation sites (tertiary alicyclic amines) is 1. The van der Waals surface area contributed by atoms with E-state index in [1.54, 1.807) is 24.3 Å². The Morgan fingerprint density at radius 2 is 1.71 bits per heavy atom. The summed E-state index contributed by atoms with van der Waals surface area (Å²) in [6, 6.07) is 9.22. The third-order valence-corrected chi connectivity index (χ3v) is 6.27. The van der Waals surface area contributed by atoms with Crippen molar-refractivity contribution in [3.05, 3.63) is 63.5 Å². The van der Waals surface area contributed by atoms with E-state index in [1.165, 1.54) is 12.1 Å². The average molecular weight is 477 g/mol. The van der Waals surface area contributed by atoms with Crippen LogP contribution in [0, 0.1) is 0 Å². The molecule has 4 rings (SSSR count). The van der Waals surface area contributed by atoms with E-state index < -0.39 is 23.1 Å². The van der Waals surface area contributed by atoms with E-state index in [1.807, 2.05) is 6.92 Å². The molecular formula is C26H29F3NO4+. The highest BCUT2D eigenvalue weighted by atomic mass is 19.4. The van der Waals surface area contributed by atoms with Crippen molar-refractivity contribution in [2.75, 3.05) is 13.1 Å². The predicted octanol–water partition coefficient (Wildman–Crippen LogP) is 5.22.